The molecule has 0 unspecified atom stereocenters. The van der Waals surface area contributed by atoms with Crippen molar-refractivity contribution in [2.24, 2.45) is 0 Å². The molecule has 0 radical (unpaired) electrons. The van der Waals surface area contributed by atoms with Crippen molar-refractivity contribution in [1.29, 1.82) is 0 Å². The smallest absolute Gasteiger partial charge is 0.0223 e. The van der Waals surface area contributed by atoms with Gasteiger partial charge in [-0.05, 0) is 90.6 Å². The van der Waals surface area contributed by atoms with E-state index in [-0.39, 0.29) is 0 Å². The van der Waals surface area contributed by atoms with Crippen LogP contribution in [-0.2, 0) is 0 Å². The normalized spacial score (nSPS) is 11.2. The van der Waals surface area contributed by atoms with E-state index in [2.05, 4.69) is 51.3 Å². The van der Waals surface area contributed by atoms with E-state index in [0.717, 1.165) is 11.8 Å². The van der Waals surface area contributed by atoms with Gasteiger partial charge >= 0.3 is 0 Å². The van der Waals surface area contributed by atoms with Gasteiger partial charge in [-0.1, -0.05) is 208 Å². The molecule has 0 aromatic carbocycles. The molecule has 318 valence electrons. The molecule has 0 aromatic heterocycles. The van der Waals surface area contributed by atoms with Crippen molar-refractivity contribution < 1.29 is 0 Å². The number of hydrogen-bond acceptors (Lipinski definition) is 2. The maximum atomic E-state index is 5.60. The van der Waals surface area contributed by atoms with Crippen LogP contribution in [0.3, 0.4) is 0 Å². The first-order chi connectivity index (χ1) is 25.6. The van der Waals surface area contributed by atoms with Crippen LogP contribution in [-0.4, -0.2) is 60.8 Å². The summed E-state index contributed by atoms with van der Waals surface area (Å²) in [6.45, 7) is 21.9. The summed E-state index contributed by atoms with van der Waals surface area (Å²) in [5.74, 6) is 1.66. The maximum Gasteiger partial charge on any atom is 0.0223 e. The van der Waals surface area contributed by atoms with Crippen molar-refractivity contribution in [3.8, 4) is 0 Å². The number of nitrogens with zero attached hydrogens (tertiary/aromatic N) is 2. The van der Waals surface area contributed by atoms with Gasteiger partial charge in [-0.25, -0.2) is 0 Å². The average Bonchev–Trinajstić information content (AvgIpc) is 3.16. The minimum Gasteiger partial charge on any atom is -0.303 e. The second-order valence-electron chi connectivity index (χ2n) is 16.0. The monoisotopic (exact) mass is 777 g/mol. The van der Waals surface area contributed by atoms with Gasteiger partial charge in [0.05, 0.1) is 0 Å². The van der Waals surface area contributed by atoms with Gasteiger partial charge < -0.3 is 9.80 Å². The highest BCUT2D eigenvalue weighted by molar-refractivity contribution is 6.18. The van der Waals surface area contributed by atoms with Gasteiger partial charge in [-0.2, -0.15) is 0 Å². The Morgan fingerprint density at radius 3 is 0.519 bits per heavy atom. The Morgan fingerprint density at radius 2 is 0.365 bits per heavy atom. The van der Waals surface area contributed by atoms with Crippen molar-refractivity contribution in [2.75, 3.05) is 51.0 Å². The van der Waals surface area contributed by atoms with E-state index in [4.69, 9.17) is 23.2 Å². The summed E-state index contributed by atoms with van der Waals surface area (Å²) in [6.07, 6.45) is 47.0. The number of unbranched alkanes of at least 4 members (excludes halogenated alkanes) is 27. The standard InChI is InChI=1S/2C18H39N.C12H24Cl2/c2*1-4-7-10-13-16-19(17-14-11-8-5-2)18-15-12-9-6-3;13-11-9-7-5-3-1-2-4-6-8-10-12-14/h2*4-18H2,1-3H3;1-12H2. The van der Waals surface area contributed by atoms with E-state index < -0.39 is 0 Å². The molecule has 2 nitrogen and oxygen atoms in total. The third-order valence-electron chi connectivity index (χ3n) is 10.5. The Bertz CT molecular complexity index is 455. The van der Waals surface area contributed by atoms with E-state index in [1.54, 1.807) is 0 Å². The van der Waals surface area contributed by atoms with Crippen molar-refractivity contribution in [3.63, 3.8) is 0 Å². The lowest BCUT2D eigenvalue weighted by molar-refractivity contribution is 0.255. The van der Waals surface area contributed by atoms with E-state index in [0.29, 0.717) is 0 Å². The number of rotatable bonds is 41. The van der Waals surface area contributed by atoms with Gasteiger partial charge in [-0.3, -0.25) is 0 Å². The molecule has 4 heteroatoms. The van der Waals surface area contributed by atoms with E-state index in [9.17, 15) is 0 Å². The van der Waals surface area contributed by atoms with Crippen molar-refractivity contribution in [2.45, 2.75) is 260 Å². The summed E-state index contributed by atoms with van der Waals surface area (Å²) in [6, 6.07) is 0. The van der Waals surface area contributed by atoms with Crippen LogP contribution in [0, 0.1) is 0 Å². The first kappa shape index (κ1) is 56.8. The first-order valence-electron chi connectivity index (χ1n) is 24.2. The molecule has 0 fully saturated rings. The zero-order valence-electron chi connectivity index (χ0n) is 37.3. The SMILES string of the molecule is CCCCCCN(CCCCCC)CCCCCC.CCCCCCN(CCCCCC)CCCCCC.ClCCCCCCCCCCCCCl. The minimum atomic E-state index is 0.832. The molecule has 0 amide bonds. The van der Waals surface area contributed by atoms with Crippen LogP contribution in [0.2, 0.25) is 0 Å². The number of alkyl halides is 2. The summed E-state index contributed by atoms with van der Waals surface area (Å²) in [5, 5.41) is 0. The molecule has 0 aliphatic heterocycles. The highest BCUT2D eigenvalue weighted by Gasteiger charge is 2.05. The van der Waals surface area contributed by atoms with Crippen LogP contribution in [0.1, 0.15) is 260 Å². The summed E-state index contributed by atoms with van der Waals surface area (Å²) >= 11 is 11.2. The highest BCUT2D eigenvalue weighted by atomic mass is 35.5. The molecule has 0 bridgehead atoms. The Morgan fingerprint density at radius 1 is 0.212 bits per heavy atom. The van der Waals surface area contributed by atoms with E-state index in [1.807, 2.05) is 0 Å². The highest BCUT2D eigenvalue weighted by Crippen LogP contribution is 2.12. The molecular weight excluding hydrogens is 675 g/mol. The molecule has 0 saturated carbocycles. The zero-order chi connectivity index (χ0) is 38.9. The molecule has 0 saturated heterocycles. The van der Waals surface area contributed by atoms with Crippen LogP contribution in [0.15, 0.2) is 0 Å². The Kier molecular flexibility index (Phi) is 61.0. The second-order valence-corrected chi connectivity index (χ2v) is 16.7. The minimum absolute atomic E-state index is 0.832. The largest absolute Gasteiger partial charge is 0.303 e. The van der Waals surface area contributed by atoms with Gasteiger partial charge in [0.25, 0.3) is 0 Å². The van der Waals surface area contributed by atoms with Gasteiger partial charge in [0, 0.05) is 11.8 Å². The third kappa shape index (κ3) is 54.8. The molecular formula is C48H102Cl2N2. The summed E-state index contributed by atoms with van der Waals surface area (Å²) in [7, 11) is 0. The fraction of sp³-hybridized carbons (Fsp3) is 1.00. The molecule has 0 aromatic rings. The van der Waals surface area contributed by atoms with Crippen LogP contribution in [0.5, 0.6) is 0 Å². The molecule has 0 heterocycles. The molecule has 52 heavy (non-hydrogen) atoms. The van der Waals surface area contributed by atoms with Crippen molar-refractivity contribution in [3.05, 3.63) is 0 Å². The maximum absolute atomic E-state index is 5.60. The fourth-order valence-corrected chi connectivity index (χ4v) is 7.23. The van der Waals surface area contributed by atoms with E-state index in [1.165, 1.54) is 258 Å². The van der Waals surface area contributed by atoms with Gasteiger partial charge in [0.15, 0.2) is 0 Å². The van der Waals surface area contributed by atoms with Crippen LogP contribution in [0.25, 0.3) is 0 Å². The number of halogens is 2. The zero-order valence-corrected chi connectivity index (χ0v) is 38.9. The fourth-order valence-electron chi connectivity index (χ4n) is 6.85. The lowest BCUT2D eigenvalue weighted by atomic mass is 10.1. The van der Waals surface area contributed by atoms with Crippen LogP contribution >= 0.6 is 23.2 Å². The lowest BCUT2D eigenvalue weighted by Gasteiger charge is -2.22. The van der Waals surface area contributed by atoms with Crippen molar-refractivity contribution >= 4 is 23.2 Å². The molecule has 0 rings (SSSR count). The molecule has 0 spiro atoms. The van der Waals surface area contributed by atoms with Gasteiger partial charge in [-0.15, -0.1) is 23.2 Å². The van der Waals surface area contributed by atoms with Crippen LogP contribution in [0.4, 0.5) is 0 Å². The van der Waals surface area contributed by atoms with Crippen molar-refractivity contribution in [1.82, 2.24) is 9.80 Å². The third-order valence-corrected chi connectivity index (χ3v) is 11.0. The summed E-state index contributed by atoms with van der Waals surface area (Å²) in [5.41, 5.74) is 0. The molecule has 0 aliphatic carbocycles. The summed E-state index contributed by atoms with van der Waals surface area (Å²) < 4.78 is 0. The Labute approximate surface area is 342 Å². The predicted molar refractivity (Wildman–Crippen MR) is 245 cm³/mol. The predicted octanol–water partition coefficient (Wildman–Crippen LogP) is 17.4. The Balaban J connectivity index is -0.000000702. The molecule has 0 aliphatic rings. The lowest BCUT2D eigenvalue weighted by Crippen LogP contribution is -2.27. The van der Waals surface area contributed by atoms with E-state index >= 15 is 0 Å². The van der Waals surface area contributed by atoms with Crippen LogP contribution < -0.4 is 0 Å². The topological polar surface area (TPSA) is 6.48 Å². The average molecular weight is 778 g/mol. The summed E-state index contributed by atoms with van der Waals surface area (Å²) in [4.78, 5) is 5.47. The van der Waals surface area contributed by atoms with Gasteiger partial charge in [0.2, 0.25) is 0 Å². The number of hydrogen-bond donors (Lipinski definition) is 0. The first-order valence-corrected chi connectivity index (χ1v) is 25.2. The molecule has 0 atom stereocenters. The Hall–Kier alpha value is 0.500. The van der Waals surface area contributed by atoms with Gasteiger partial charge in [0.1, 0.15) is 0 Å². The molecule has 0 N–H and O–H groups in total. The quantitative estimate of drug-likeness (QED) is 0.0451. The second kappa shape index (κ2) is 55.8.